The number of nitrogens with one attached hydrogen (secondary N) is 2. The van der Waals surface area contributed by atoms with Crippen molar-refractivity contribution in [2.24, 2.45) is 40.4 Å². The molecule has 4 spiro atoms. The van der Waals surface area contributed by atoms with Crippen molar-refractivity contribution < 1.29 is 54.0 Å². The van der Waals surface area contributed by atoms with E-state index in [4.69, 9.17) is 28.4 Å². The van der Waals surface area contributed by atoms with Crippen LogP contribution in [0.1, 0.15) is 156 Å². The van der Waals surface area contributed by atoms with Gasteiger partial charge in [-0.1, -0.05) is 68.7 Å². The zero-order chi connectivity index (χ0) is 57.8. The van der Waals surface area contributed by atoms with Gasteiger partial charge in [0.05, 0.1) is 54.2 Å². The highest BCUT2D eigenvalue weighted by atomic mass is 16.5. The van der Waals surface area contributed by atoms with Gasteiger partial charge in [0, 0.05) is 77.8 Å². The first-order chi connectivity index (χ1) is 41.4. The van der Waals surface area contributed by atoms with Crippen LogP contribution in [-0.2, 0) is 22.3 Å². The summed E-state index contributed by atoms with van der Waals surface area (Å²) in [7, 11) is 1.72. The SMILES string of the molecule is CCc1cc(-c2cccc(O)c2)c(Cc2cc(OC3CCCC3)cc3c2OCC(C2C(CCCOC)Oc4c5cc(c6cc(O)ccc46)OCC#CC4CNC6(CC7(CCCC7)C7(CCCC7)C6)NC46C4C=CC(C(O)C4)C6OC52)C3O)cc1O. The molecule has 1 saturated heterocycles. The fourth-order valence-electron chi connectivity index (χ4n) is 19.2. The van der Waals surface area contributed by atoms with Crippen LogP contribution in [0.15, 0.2) is 84.9 Å². The number of methoxy groups -OCH3 is 1. The smallest absolute Gasteiger partial charge is 0.149 e. The number of rotatable bonds is 11. The second-order valence-corrected chi connectivity index (χ2v) is 27.4. The number of hydrogen-bond donors (Lipinski definition) is 7. The predicted octanol–water partition coefficient (Wildman–Crippen LogP) is 12.2. The second-order valence-electron chi connectivity index (χ2n) is 27.4. The number of aryl methyl sites for hydroxylation is 1. The van der Waals surface area contributed by atoms with Crippen molar-refractivity contribution in [2.75, 3.05) is 33.5 Å². The Hall–Kier alpha value is -5.98. The van der Waals surface area contributed by atoms with E-state index in [2.05, 4.69) is 40.7 Å². The zero-order valence-electron chi connectivity index (χ0n) is 49.4. The van der Waals surface area contributed by atoms with Gasteiger partial charge in [-0.2, -0.15) is 0 Å². The molecule has 5 saturated carbocycles. The number of hydrogen-bond acceptors (Lipinski definition) is 13. The molecule has 7 aliphatic carbocycles. The summed E-state index contributed by atoms with van der Waals surface area (Å²) in [5.41, 5.74) is 5.06. The second kappa shape index (κ2) is 21.7. The molecule has 0 aromatic heterocycles. The topological polar surface area (TPSA) is 181 Å². The fraction of sp³-hybridized carbons (Fsp3) is 0.556. The molecule has 4 bridgehead atoms. The van der Waals surface area contributed by atoms with Gasteiger partial charge in [0.1, 0.15) is 53.0 Å². The van der Waals surface area contributed by atoms with E-state index in [1.54, 1.807) is 31.4 Å². The molecular weight excluding hydrogens is 1070 g/mol. The van der Waals surface area contributed by atoms with Crippen molar-refractivity contribution in [2.45, 2.75) is 177 Å². The van der Waals surface area contributed by atoms with E-state index in [9.17, 15) is 25.5 Å². The lowest BCUT2D eigenvalue weighted by Crippen LogP contribution is -2.82. The van der Waals surface area contributed by atoms with Crippen LogP contribution in [-0.4, -0.2) is 94.6 Å². The van der Waals surface area contributed by atoms with Gasteiger partial charge in [-0.3, -0.25) is 10.6 Å². The third kappa shape index (κ3) is 9.23. The van der Waals surface area contributed by atoms with Crippen LogP contribution >= 0.6 is 0 Å². The molecule has 4 heterocycles. The number of fused-ring (bicyclic) bond motifs is 7. The summed E-state index contributed by atoms with van der Waals surface area (Å²) in [5, 5.41) is 69.8. The van der Waals surface area contributed by atoms with Crippen molar-refractivity contribution in [1.29, 1.82) is 0 Å². The number of aromatic hydroxyl groups is 3. The molecule has 16 rings (SSSR count). The van der Waals surface area contributed by atoms with Gasteiger partial charge >= 0.3 is 0 Å². The lowest BCUT2D eigenvalue weighted by molar-refractivity contribution is -0.209. The van der Waals surface area contributed by atoms with Crippen molar-refractivity contribution in [3.63, 3.8) is 0 Å². The maximum absolute atomic E-state index is 13.7. The van der Waals surface area contributed by atoms with E-state index in [1.807, 2.05) is 49.4 Å². The number of phenols is 3. The molecule has 5 aromatic rings. The van der Waals surface area contributed by atoms with Gasteiger partial charge in [0.25, 0.3) is 0 Å². The van der Waals surface area contributed by atoms with Crippen LogP contribution in [0, 0.1) is 52.3 Å². The molecule has 11 atom stereocenters. The van der Waals surface area contributed by atoms with Crippen LogP contribution in [0.25, 0.3) is 21.9 Å². The van der Waals surface area contributed by atoms with Crippen LogP contribution < -0.4 is 29.6 Å². The predicted molar refractivity (Wildman–Crippen MR) is 324 cm³/mol. The van der Waals surface area contributed by atoms with Crippen LogP contribution in [0.4, 0.5) is 0 Å². The first kappa shape index (κ1) is 55.6. The Morgan fingerprint density at radius 2 is 1.56 bits per heavy atom. The Labute approximate surface area is 499 Å². The van der Waals surface area contributed by atoms with Gasteiger partial charge in [-0.05, 0) is 184 Å². The number of ether oxygens (including phenoxy) is 6. The Bertz CT molecular complexity index is 3450. The summed E-state index contributed by atoms with van der Waals surface area (Å²) in [6, 6.07) is 22.5. The monoisotopic (exact) mass is 1150 g/mol. The third-order valence-corrected chi connectivity index (χ3v) is 22.9. The quantitative estimate of drug-likeness (QED) is 0.0378. The van der Waals surface area contributed by atoms with E-state index in [-0.39, 0.29) is 70.8 Å². The van der Waals surface area contributed by atoms with E-state index in [1.165, 1.54) is 51.4 Å². The summed E-state index contributed by atoms with van der Waals surface area (Å²) >= 11 is 0. The average molecular weight is 1150 g/mol. The number of aliphatic hydroxyl groups excluding tert-OH is 2. The molecule has 0 amide bonds. The summed E-state index contributed by atoms with van der Waals surface area (Å²) < 4.78 is 42.6. The highest BCUT2D eigenvalue weighted by Gasteiger charge is 2.71. The normalized spacial score (nSPS) is 31.7. The van der Waals surface area contributed by atoms with Crippen LogP contribution in [0.3, 0.4) is 0 Å². The van der Waals surface area contributed by atoms with E-state index < -0.39 is 47.9 Å². The minimum Gasteiger partial charge on any atom is -0.508 e. The number of phenolic OH excluding ortho intramolecular Hbond substituents is 3. The molecular formula is C72H84N2O11. The molecule has 11 aliphatic rings. The molecule has 11 unspecified atom stereocenters. The molecule has 4 aliphatic heterocycles. The minimum atomic E-state index is -1.08. The fourth-order valence-corrected chi connectivity index (χ4v) is 19.2. The van der Waals surface area contributed by atoms with Crippen molar-refractivity contribution in [3.05, 3.63) is 113 Å². The first-order valence-corrected chi connectivity index (χ1v) is 32.3. The summed E-state index contributed by atoms with van der Waals surface area (Å²) in [4.78, 5) is 0. The molecule has 13 nitrogen and oxygen atoms in total. The van der Waals surface area contributed by atoms with Gasteiger partial charge in [-0.15, -0.1) is 0 Å². The molecule has 85 heavy (non-hydrogen) atoms. The summed E-state index contributed by atoms with van der Waals surface area (Å²) in [5.74, 6) is 8.43. The molecule has 448 valence electrons. The largest absolute Gasteiger partial charge is 0.508 e. The Morgan fingerprint density at radius 1 is 0.776 bits per heavy atom. The minimum absolute atomic E-state index is 0.0284. The molecule has 7 N–H and O–H groups in total. The lowest BCUT2D eigenvalue weighted by atomic mass is 9.55. The van der Waals surface area contributed by atoms with Gasteiger partial charge in [-0.25, -0.2) is 0 Å². The molecule has 0 radical (unpaired) electrons. The highest BCUT2D eigenvalue weighted by Crippen LogP contribution is 2.71. The van der Waals surface area contributed by atoms with Crippen molar-refractivity contribution in [1.82, 2.24) is 10.6 Å². The molecule has 13 heteroatoms. The van der Waals surface area contributed by atoms with Crippen LogP contribution in [0.5, 0.6) is 40.2 Å². The maximum atomic E-state index is 13.7. The van der Waals surface area contributed by atoms with E-state index in [0.29, 0.717) is 79.2 Å². The van der Waals surface area contributed by atoms with Gasteiger partial charge in [0.2, 0.25) is 0 Å². The van der Waals surface area contributed by atoms with E-state index >= 15 is 0 Å². The highest BCUT2D eigenvalue weighted by molar-refractivity contribution is 5.96. The maximum Gasteiger partial charge on any atom is 0.149 e. The standard InChI is InChI=1S/C72H84N2O11/c1-3-42-32-54(43-13-10-15-48(75)30-43)44(33-59(42)77)29-45-31-51(83-50-16-4-5-17-50)36-56-64(79)58(39-82-65(45)56)63-61(18-12-27-80-2)84-66-52-22-20-49(76)35-55(52)62-37-57(66)67(63)85-68-53-21-19-46(34-60(53)78)72(68)47(14-11-28-81-62)38-73-71(74-72)40-69(23-6-7-24-69)70(41-71)25-8-9-26-70/h10,13,15,19-22,30-33,35-37,46-47,50,53,58,60-61,63-64,67-68,73-79H,3-9,12,16-18,23-29,34,38-41H2,1-2H3. The van der Waals surface area contributed by atoms with Crippen molar-refractivity contribution >= 4 is 10.8 Å². The van der Waals surface area contributed by atoms with E-state index in [0.717, 1.165) is 77.3 Å². The van der Waals surface area contributed by atoms with Gasteiger partial charge in [0.15, 0.2) is 0 Å². The summed E-state index contributed by atoms with van der Waals surface area (Å²) in [6.45, 7) is 3.44. The van der Waals surface area contributed by atoms with Gasteiger partial charge < -0.3 is 54.0 Å². The van der Waals surface area contributed by atoms with Crippen LogP contribution in [0.2, 0.25) is 0 Å². The summed E-state index contributed by atoms with van der Waals surface area (Å²) in [6.07, 6.45) is 20.3. The zero-order valence-corrected chi connectivity index (χ0v) is 49.4. The first-order valence-electron chi connectivity index (χ1n) is 32.3. The average Bonchev–Trinajstić information content (AvgIpc) is 2.03. The Morgan fingerprint density at radius 3 is 2.32 bits per heavy atom. The Kier molecular flexibility index (Phi) is 14.2. The number of benzene rings is 5. The lowest BCUT2D eigenvalue weighted by Gasteiger charge is -2.64. The number of aliphatic hydroxyl groups is 2. The molecule has 6 fully saturated rings. The third-order valence-electron chi connectivity index (χ3n) is 22.9. The Balaban J connectivity index is 0.885. The van der Waals surface area contributed by atoms with Crippen molar-refractivity contribution in [3.8, 4) is 63.2 Å². The molecule has 5 aromatic carbocycles.